The molecule has 0 saturated carbocycles. The van der Waals surface area contributed by atoms with Gasteiger partial charge in [0.2, 0.25) is 5.91 Å². The Labute approximate surface area is 175 Å². The van der Waals surface area contributed by atoms with E-state index in [1.807, 2.05) is 36.4 Å². The summed E-state index contributed by atoms with van der Waals surface area (Å²) in [5.74, 6) is -0.256. The number of halogens is 2. The number of carbonyl (C=O) groups excluding carboxylic acids is 1. The maximum absolute atomic E-state index is 13.1. The van der Waals surface area contributed by atoms with Crippen LogP contribution in [-0.4, -0.2) is 49.3 Å². The molecule has 0 aliphatic carbocycles. The van der Waals surface area contributed by atoms with Crippen LogP contribution in [0.15, 0.2) is 48.5 Å². The van der Waals surface area contributed by atoms with E-state index < -0.39 is 0 Å². The second kappa shape index (κ2) is 8.69. The van der Waals surface area contributed by atoms with Gasteiger partial charge in [0.15, 0.2) is 0 Å². The highest BCUT2D eigenvalue weighted by Crippen LogP contribution is 2.21. The van der Waals surface area contributed by atoms with E-state index in [2.05, 4.69) is 27.4 Å². The average Bonchev–Trinajstić information content (AvgIpc) is 2.73. The zero-order valence-electron chi connectivity index (χ0n) is 16.4. The van der Waals surface area contributed by atoms with E-state index in [9.17, 15) is 9.18 Å². The summed E-state index contributed by atoms with van der Waals surface area (Å²) in [6.45, 7) is 5.39. The van der Waals surface area contributed by atoms with Gasteiger partial charge >= 0.3 is 0 Å². The molecule has 5 nitrogen and oxygen atoms in total. The minimum Gasteiger partial charge on any atom is -0.369 e. The quantitative estimate of drug-likeness (QED) is 0.804. The van der Waals surface area contributed by atoms with Gasteiger partial charge in [-0.15, -0.1) is 0 Å². The zero-order valence-corrected chi connectivity index (χ0v) is 17.2. The second-order valence-electron chi connectivity index (χ2n) is 7.80. The molecule has 154 valence electrons. The van der Waals surface area contributed by atoms with Crippen LogP contribution in [0.5, 0.6) is 0 Å². The predicted molar refractivity (Wildman–Crippen MR) is 113 cm³/mol. The van der Waals surface area contributed by atoms with Gasteiger partial charge < -0.3 is 10.2 Å². The Hall–Kier alpha value is -2.15. The summed E-state index contributed by atoms with van der Waals surface area (Å²) in [5, 5.41) is 7.40. The van der Waals surface area contributed by atoms with Crippen LogP contribution < -0.4 is 15.5 Å². The molecule has 0 aromatic heterocycles. The Balaban J connectivity index is 1.32. The van der Waals surface area contributed by atoms with Crippen molar-refractivity contribution in [1.82, 2.24) is 15.5 Å². The van der Waals surface area contributed by atoms with Crippen LogP contribution in [0.3, 0.4) is 0 Å². The Bertz CT molecular complexity index is 837. The Morgan fingerprint density at radius 2 is 1.69 bits per heavy atom. The van der Waals surface area contributed by atoms with Crippen molar-refractivity contribution in [2.75, 3.05) is 31.1 Å². The van der Waals surface area contributed by atoms with Crippen molar-refractivity contribution >= 4 is 23.2 Å². The van der Waals surface area contributed by atoms with Crippen molar-refractivity contribution in [2.24, 2.45) is 5.92 Å². The van der Waals surface area contributed by atoms with Crippen LogP contribution in [0, 0.1) is 11.7 Å². The maximum Gasteiger partial charge on any atom is 0.227 e. The minimum atomic E-state index is -0.219. The van der Waals surface area contributed by atoms with E-state index in [4.69, 9.17) is 11.6 Å². The summed E-state index contributed by atoms with van der Waals surface area (Å²) in [6, 6.07) is 14.4. The van der Waals surface area contributed by atoms with Crippen LogP contribution in [0.1, 0.15) is 12.5 Å². The number of piperazine rings is 1. The van der Waals surface area contributed by atoms with Crippen LogP contribution in [0.25, 0.3) is 0 Å². The fourth-order valence-electron chi connectivity index (χ4n) is 4.11. The predicted octanol–water partition coefficient (Wildman–Crippen LogP) is 2.85. The van der Waals surface area contributed by atoms with Gasteiger partial charge in [-0.2, -0.15) is 0 Å². The summed E-state index contributed by atoms with van der Waals surface area (Å²) >= 11 is 5.96. The highest BCUT2D eigenvalue weighted by Gasteiger charge is 2.36. The van der Waals surface area contributed by atoms with E-state index in [1.165, 1.54) is 12.1 Å². The molecule has 4 rings (SSSR count). The number of rotatable bonds is 4. The summed E-state index contributed by atoms with van der Waals surface area (Å²) in [4.78, 5) is 17.3. The molecule has 3 unspecified atom stereocenters. The number of carbonyl (C=O) groups is 1. The standard InChI is InChI=1S/C22H26ClFN4O/c1-15-20(14-16-2-4-17(23)5-3-16)21(29)26-22(25-15)28-12-10-27(11-13-28)19-8-6-18(24)7-9-19/h2-9,15,20,22,25H,10-14H2,1H3,(H,26,29). The van der Waals surface area contributed by atoms with Crippen LogP contribution >= 0.6 is 11.6 Å². The minimum absolute atomic E-state index is 0.0690. The fraction of sp³-hybridized carbons (Fsp3) is 0.409. The van der Waals surface area contributed by atoms with E-state index in [0.29, 0.717) is 11.4 Å². The molecule has 2 aromatic carbocycles. The molecular formula is C22H26ClFN4O. The topological polar surface area (TPSA) is 47.6 Å². The lowest BCUT2D eigenvalue weighted by atomic mass is 9.90. The van der Waals surface area contributed by atoms with Gasteiger partial charge in [-0.1, -0.05) is 23.7 Å². The van der Waals surface area contributed by atoms with Crippen molar-refractivity contribution < 1.29 is 9.18 Å². The Kier molecular flexibility index (Phi) is 6.04. The smallest absolute Gasteiger partial charge is 0.227 e. The third kappa shape index (κ3) is 4.71. The SMILES string of the molecule is CC1NC(N2CCN(c3ccc(F)cc3)CC2)NC(=O)C1Cc1ccc(Cl)cc1. The number of amides is 1. The van der Waals surface area contributed by atoms with Gasteiger partial charge in [-0.25, -0.2) is 4.39 Å². The molecule has 7 heteroatoms. The maximum atomic E-state index is 13.1. The van der Waals surface area contributed by atoms with Gasteiger partial charge in [0, 0.05) is 42.9 Å². The van der Waals surface area contributed by atoms with Crippen molar-refractivity contribution in [3.63, 3.8) is 0 Å². The molecule has 2 aromatic rings. The zero-order chi connectivity index (χ0) is 20.4. The molecular weight excluding hydrogens is 391 g/mol. The van der Waals surface area contributed by atoms with Crippen LogP contribution in [-0.2, 0) is 11.2 Å². The monoisotopic (exact) mass is 416 g/mol. The third-order valence-electron chi connectivity index (χ3n) is 5.88. The summed E-state index contributed by atoms with van der Waals surface area (Å²) in [7, 11) is 0. The first-order chi connectivity index (χ1) is 14.0. The highest BCUT2D eigenvalue weighted by molar-refractivity contribution is 6.30. The summed E-state index contributed by atoms with van der Waals surface area (Å²) < 4.78 is 13.1. The van der Waals surface area contributed by atoms with Gasteiger partial charge in [0.1, 0.15) is 12.1 Å². The summed E-state index contributed by atoms with van der Waals surface area (Å²) in [6.07, 6.45) is 0.525. The van der Waals surface area contributed by atoms with Gasteiger partial charge in [0.05, 0.1) is 5.92 Å². The van der Waals surface area contributed by atoms with E-state index in [-0.39, 0.29) is 30.0 Å². The number of nitrogens with one attached hydrogen (secondary N) is 2. The van der Waals surface area contributed by atoms with Gasteiger partial charge in [-0.05, 0) is 55.3 Å². The lowest BCUT2D eigenvalue weighted by Gasteiger charge is -2.45. The molecule has 2 saturated heterocycles. The van der Waals surface area contributed by atoms with Crippen molar-refractivity contribution in [1.29, 1.82) is 0 Å². The first kappa shape index (κ1) is 20.1. The van der Waals surface area contributed by atoms with E-state index >= 15 is 0 Å². The fourth-order valence-corrected chi connectivity index (χ4v) is 4.23. The molecule has 1 amide bonds. The number of nitrogens with zero attached hydrogens (tertiary/aromatic N) is 2. The average molecular weight is 417 g/mol. The first-order valence-electron chi connectivity index (χ1n) is 10.0. The third-order valence-corrected chi connectivity index (χ3v) is 6.13. The van der Waals surface area contributed by atoms with Crippen molar-refractivity contribution in [3.05, 3.63) is 64.9 Å². The van der Waals surface area contributed by atoms with Crippen LogP contribution in [0.4, 0.5) is 10.1 Å². The largest absolute Gasteiger partial charge is 0.369 e. The second-order valence-corrected chi connectivity index (χ2v) is 8.24. The molecule has 29 heavy (non-hydrogen) atoms. The van der Waals surface area contributed by atoms with Gasteiger partial charge in [-0.3, -0.25) is 15.0 Å². The summed E-state index contributed by atoms with van der Waals surface area (Å²) in [5.41, 5.74) is 2.14. The molecule has 2 heterocycles. The molecule has 0 radical (unpaired) electrons. The number of hydrogen-bond acceptors (Lipinski definition) is 4. The normalized spacial score (nSPS) is 25.7. The number of anilines is 1. The molecule has 2 N–H and O–H groups in total. The van der Waals surface area contributed by atoms with Gasteiger partial charge in [0.25, 0.3) is 0 Å². The number of benzene rings is 2. The van der Waals surface area contributed by atoms with E-state index in [1.54, 1.807) is 0 Å². The van der Waals surface area contributed by atoms with Crippen molar-refractivity contribution in [2.45, 2.75) is 25.7 Å². The molecule has 0 bridgehead atoms. The molecule has 2 aliphatic heterocycles. The molecule has 3 atom stereocenters. The molecule has 2 fully saturated rings. The Morgan fingerprint density at radius 1 is 1.03 bits per heavy atom. The Morgan fingerprint density at radius 3 is 2.31 bits per heavy atom. The first-order valence-corrected chi connectivity index (χ1v) is 10.4. The lowest BCUT2D eigenvalue weighted by molar-refractivity contribution is -0.132. The van der Waals surface area contributed by atoms with Crippen LogP contribution in [0.2, 0.25) is 5.02 Å². The number of hydrogen-bond donors (Lipinski definition) is 2. The molecule has 2 aliphatic rings. The highest BCUT2D eigenvalue weighted by atomic mass is 35.5. The molecule has 0 spiro atoms. The van der Waals surface area contributed by atoms with E-state index in [0.717, 1.165) is 37.4 Å². The lowest BCUT2D eigenvalue weighted by Crippen LogP contribution is -2.69. The van der Waals surface area contributed by atoms with Crippen molar-refractivity contribution in [3.8, 4) is 0 Å².